The molecule has 0 saturated carbocycles. The van der Waals surface area contributed by atoms with Crippen LogP contribution in [0.15, 0.2) is 67.3 Å². The van der Waals surface area contributed by atoms with Gasteiger partial charge >= 0.3 is 0 Å². The number of nitrogens with one attached hydrogen (secondary N) is 1. The van der Waals surface area contributed by atoms with Crippen molar-refractivity contribution in [3.05, 3.63) is 94.5 Å². The first kappa shape index (κ1) is 19.6. The van der Waals surface area contributed by atoms with Crippen LogP contribution < -0.4 is 5.32 Å². The Morgan fingerprint density at radius 3 is 2.61 bits per heavy atom. The third kappa shape index (κ3) is 4.70. The summed E-state index contributed by atoms with van der Waals surface area (Å²) in [5.41, 5.74) is 4.09. The molecule has 0 unspecified atom stereocenters. The zero-order chi connectivity index (χ0) is 21.0. The molecule has 1 aliphatic rings. The lowest BCUT2D eigenvalue weighted by molar-refractivity contribution is 0.102. The molecule has 3 heterocycles. The molecule has 2 aromatic heterocycles. The molecular weight excluding hydrogens is 408 g/mol. The zero-order valence-electron chi connectivity index (χ0n) is 16.9. The van der Waals surface area contributed by atoms with Crippen molar-refractivity contribution in [1.29, 1.82) is 0 Å². The molecule has 0 spiro atoms. The van der Waals surface area contributed by atoms with Crippen LogP contribution in [0.2, 0.25) is 0 Å². The minimum absolute atomic E-state index is 0.139. The largest absolute Gasteiger partial charge is 0.298 e. The topological polar surface area (TPSA) is 75.9 Å². The number of hydrogen-bond donors (Lipinski definition) is 1. The Hall–Kier alpha value is -3.36. The summed E-state index contributed by atoms with van der Waals surface area (Å²) in [4.78, 5) is 25.0. The summed E-state index contributed by atoms with van der Waals surface area (Å²) in [6, 6.07) is 18.0. The van der Waals surface area contributed by atoms with E-state index in [1.807, 2.05) is 30.3 Å². The summed E-state index contributed by atoms with van der Waals surface area (Å²) in [6.45, 7) is 3.41. The highest BCUT2D eigenvalue weighted by molar-refractivity contribution is 7.15. The molecule has 1 amide bonds. The maximum absolute atomic E-state index is 12.7. The maximum Gasteiger partial charge on any atom is 0.257 e. The van der Waals surface area contributed by atoms with E-state index in [9.17, 15) is 4.79 Å². The first-order valence-electron chi connectivity index (χ1n) is 10.2. The van der Waals surface area contributed by atoms with Crippen LogP contribution in [0.1, 0.15) is 32.1 Å². The molecule has 0 radical (unpaired) electrons. The number of anilines is 1. The zero-order valence-corrected chi connectivity index (χ0v) is 17.8. The predicted molar refractivity (Wildman–Crippen MR) is 120 cm³/mol. The van der Waals surface area contributed by atoms with Crippen molar-refractivity contribution in [1.82, 2.24) is 24.6 Å². The summed E-state index contributed by atoms with van der Waals surface area (Å²) < 4.78 is 1.75. The van der Waals surface area contributed by atoms with Gasteiger partial charge in [-0.15, -0.1) is 11.3 Å². The molecule has 2 aromatic carbocycles. The SMILES string of the molecule is O=C(Nc1nc2c(s1)CN(Cc1ccccc1)CC2)c1ccc(Cn2cncn2)cc1. The van der Waals surface area contributed by atoms with Crippen LogP contribution >= 0.6 is 11.3 Å². The van der Waals surface area contributed by atoms with Crippen molar-refractivity contribution in [3.63, 3.8) is 0 Å². The molecule has 0 saturated heterocycles. The van der Waals surface area contributed by atoms with Crippen molar-refractivity contribution >= 4 is 22.4 Å². The van der Waals surface area contributed by atoms with Crippen molar-refractivity contribution < 1.29 is 4.79 Å². The number of carbonyl (C=O) groups is 1. The normalized spacial score (nSPS) is 13.7. The van der Waals surface area contributed by atoms with E-state index >= 15 is 0 Å². The molecule has 0 bridgehead atoms. The van der Waals surface area contributed by atoms with Crippen LogP contribution in [0.3, 0.4) is 0 Å². The summed E-state index contributed by atoms with van der Waals surface area (Å²) in [7, 11) is 0. The Balaban J connectivity index is 1.21. The molecule has 1 N–H and O–H groups in total. The van der Waals surface area contributed by atoms with E-state index in [-0.39, 0.29) is 5.91 Å². The van der Waals surface area contributed by atoms with Crippen LogP contribution in [-0.4, -0.2) is 37.1 Å². The molecular formula is C23H22N6OS. The molecule has 7 nitrogen and oxygen atoms in total. The van der Waals surface area contributed by atoms with Gasteiger partial charge in [0.15, 0.2) is 5.13 Å². The lowest BCUT2D eigenvalue weighted by Gasteiger charge is -2.25. The second-order valence-corrected chi connectivity index (χ2v) is 8.66. The van der Waals surface area contributed by atoms with Gasteiger partial charge < -0.3 is 0 Å². The number of fused-ring (bicyclic) bond motifs is 1. The number of rotatable bonds is 6. The summed E-state index contributed by atoms with van der Waals surface area (Å²) in [5.74, 6) is -0.139. The van der Waals surface area contributed by atoms with Crippen molar-refractivity contribution in [2.45, 2.75) is 26.1 Å². The molecule has 156 valence electrons. The monoisotopic (exact) mass is 430 g/mol. The van der Waals surface area contributed by atoms with Gasteiger partial charge in [0, 0.05) is 36.5 Å². The number of carbonyl (C=O) groups excluding carboxylic acids is 1. The third-order valence-corrected chi connectivity index (χ3v) is 6.30. The van der Waals surface area contributed by atoms with E-state index in [0.717, 1.165) is 37.3 Å². The number of nitrogens with zero attached hydrogens (tertiary/aromatic N) is 5. The van der Waals surface area contributed by atoms with Gasteiger partial charge in [0.05, 0.1) is 12.2 Å². The molecule has 31 heavy (non-hydrogen) atoms. The Labute approximate surface area is 184 Å². The van der Waals surface area contributed by atoms with E-state index in [4.69, 9.17) is 0 Å². The van der Waals surface area contributed by atoms with Gasteiger partial charge in [-0.2, -0.15) is 5.10 Å². The summed E-state index contributed by atoms with van der Waals surface area (Å²) in [6.07, 6.45) is 4.09. The van der Waals surface area contributed by atoms with Crippen molar-refractivity contribution in [3.8, 4) is 0 Å². The average molecular weight is 431 g/mol. The Bertz CT molecular complexity index is 1150. The molecule has 0 atom stereocenters. The number of amides is 1. The third-order valence-electron chi connectivity index (χ3n) is 5.31. The molecule has 5 rings (SSSR count). The van der Waals surface area contributed by atoms with Crippen LogP contribution in [0.4, 0.5) is 5.13 Å². The first-order chi connectivity index (χ1) is 15.2. The highest BCUT2D eigenvalue weighted by atomic mass is 32.1. The maximum atomic E-state index is 12.7. The van der Waals surface area contributed by atoms with Gasteiger partial charge in [0.1, 0.15) is 12.7 Å². The second kappa shape index (κ2) is 8.79. The minimum atomic E-state index is -0.139. The second-order valence-electron chi connectivity index (χ2n) is 7.58. The predicted octanol–water partition coefficient (Wildman–Crippen LogP) is 3.59. The van der Waals surface area contributed by atoms with E-state index in [1.54, 1.807) is 22.3 Å². The van der Waals surface area contributed by atoms with Crippen molar-refractivity contribution in [2.75, 3.05) is 11.9 Å². The van der Waals surface area contributed by atoms with Gasteiger partial charge in [0.25, 0.3) is 5.91 Å². The standard InChI is InChI=1S/C23H22N6OS/c30-22(19-8-6-18(7-9-19)13-29-16-24-15-25-29)27-23-26-20-10-11-28(14-21(20)31-23)12-17-4-2-1-3-5-17/h1-9,15-16H,10-14H2,(H,26,27,30). The van der Waals surface area contributed by atoms with E-state index in [0.29, 0.717) is 17.2 Å². The Morgan fingerprint density at radius 2 is 1.84 bits per heavy atom. The number of hydrogen-bond acceptors (Lipinski definition) is 6. The molecule has 4 aromatic rings. The highest BCUT2D eigenvalue weighted by Crippen LogP contribution is 2.29. The molecule has 1 aliphatic heterocycles. The average Bonchev–Trinajstić information content (AvgIpc) is 3.44. The van der Waals surface area contributed by atoms with Gasteiger partial charge in [-0.3, -0.25) is 15.0 Å². The number of thiazole rings is 1. The number of benzene rings is 2. The lowest BCUT2D eigenvalue weighted by Crippen LogP contribution is -2.29. The lowest BCUT2D eigenvalue weighted by atomic mass is 10.1. The van der Waals surface area contributed by atoms with Crippen LogP contribution in [0.5, 0.6) is 0 Å². The van der Waals surface area contributed by atoms with E-state index < -0.39 is 0 Å². The number of aromatic nitrogens is 4. The van der Waals surface area contributed by atoms with E-state index in [1.165, 1.54) is 16.8 Å². The molecule has 8 heteroatoms. The van der Waals surface area contributed by atoms with Gasteiger partial charge in [-0.25, -0.2) is 14.6 Å². The smallest absolute Gasteiger partial charge is 0.257 e. The fourth-order valence-corrected chi connectivity index (χ4v) is 4.76. The van der Waals surface area contributed by atoms with Crippen molar-refractivity contribution in [2.24, 2.45) is 0 Å². The summed E-state index contributed by atoms with van der Waals surface area (Å²) >= 11 is 1.58. The van der Waals surface area contributed by atoms with Crippen LogP contribution in [0.25, 0.3) is 0 Å². The quantitative estimate of drug-likeness (QED) is 0.506. The molecule has 0 fully saturated rings. The highest BCUT2D eigenvalue weighted by Gasteiger charge is 2.21. The van der Waals surface area contributed by atoms with Crippen LogP contribution in [0, 0.1) is 0 Å². The fourth-order valence-electron chi connectivity index (χ4n) is 3.71. The Kier molecular flexibility index (Phi) is 5.56. The Morgan fingerprint density at radius 1 is 1.03 bits per heavy atom. The molecule has 0 aliphatic carbocycles. The fraction of sp³-hybridized carbons (Fsp3) is 0.217. The minimum Gasteiger partial charge on any atom is -0.298 e. The van der Waals surface area contributed by atoms with Gasteiger partial charge in [-0.05, 0) is 23.3 Å². The van der Waals surface area contributed by atoms with E-state index in [2.05, 4.69) is 49.5 Å². The van der Waals surface area contributed by atoms with Gasteiger partial charge in [-0.1, -0.05) is 42.5 Å². The summed E-state index contributed by atoms with van der Waals surface area (Å²) in [5, 5.41) is 7.74. The van der Waals surface area contributed by atoms with Crippen LogP contribution in [-0.2, 0) is 26.1 Å². The van der Waals surface area contributed by atoms with Gasteiger partial charge in [0.2, 0.25) is 0 Å². The first-order valence-corrected chi connectivity index (χ1v) is 11.0.